The summed E-state index contributed by atoms with van der Waals surface area (Å²) < 4.78 is 0. The molecule has 1 aliphatic rings. The summed E-state index contributed by atoms with van der Waals surface area (Å²) in [6, 6.07) is 0. The van der Waals surface area contributed by atoms with Crippen LogP contribution in [0.25, 0.3) is 0 Å². The first-order valence-electron chi connectivity index (χ1n) is 6.00. The van der Waals surface area contributed by atoms with Crippen LogP contribution in [0.3, 0.4) is 0 Å². The first-order valence-corrected chi connectivity index (χ1v) is 6.00. The van der Waals surface area contributed by atoms with E-state index in [1.807, 2.05) is 6.92 Å². The van der Waals surface area contributed by atoms with Crippen molar-refractivity contribution in [3.8, 4) is 0 Å². The van der Waals surface area contributed by atoms with Crippen LogP contribution in [0.15, 0.2) is 0 Å². The number of nitrogens with one attached hydrogen (secondary N) is 2. The van der Waals surface area contributed by atoms with Crippen molar-refractivity contribution < 1.29 is 4.79 Å². The monoisotopic (exact) mass is 212 g/mol. The summed E-state index contributed by atoms with van der Waals surface area (Å²) in [5.74, 6) is 0.920. The smallest absolute Gasteiger partial charge is 0.224 e. The lowest BCUT2D eigenvalue weighted by atomic mass is 9.97. The minimum absolute atomic E-state index is 0.0163. The summed E-state index contributed by atoms with van der Waals surface area (Å²) in [4.78, 5) is 11.8. The first-order chi connectivity index (χ1) is 6.97. The van der Waals surface area contributed by atoms with Gasteiger partial charge in [0.25, 0.3) is 0 Å². The zero-order valence-corrected chi connectivity index (χ0v) is 10.4. The lowest BCUT2D eigenvalue weighted by Gasteiger charge is -2.28. The Kier molecular flexibility index (Phi) is 4.14. The van der Waals surface area contributed by atoms with Crippen LogP contribution < -0.4 is 10.6 Å². The van der Waals surface area contributed by atoms with E-state index in [1.165, 1.54) is 12.8 Å². The molecule has 0 bridgehead atoms. The number of carbonyl (C=O) groups is 1. The lowest BCUT2D eigenvalue weighted by molar-refractivity contribution is -0.126. The maximum atomic E-state index is 11.8. The number of amides is 1. The van der Waals surface area contributed by atoms with Gasteiger partial charge in [0.1, 0.15) is 0 Å². The summed E-state index contributed by atoms with van der Waals surface area (Å²) in [5, 5.41) is 6.35. The van der Waals surface area contributed by atoms with Crippen LogP contribution in [0.5, 0.6) is 0 Å². The van der Waals surface area contributed by atoms with Crippen LogP contribution in [0.2, 0.25) is 0 Å². The highest BCUT2D eigenvalue weighted by atomic mass is 16.2. The van der Waals surface area contributed by atoms with Crippen LogP contribution in [-0.4, -0.2) is 24.5 Å². The molecule has 2 N–H and O–H groups in total. The molecule has 0 aromatic heterocycles. The Morgan fingerprint density at radius 2 is 2.07 bits per heavy atom. The van der Waals surface area contributed by atoms with Crippen molar-refractivity contribution in [3.05, 3.63) is 0 Å². The van der Waals surface area contributed by atoms with Gasteiger partial charge in [-0.3, -0.25) is 4.79 Å². The number of hydrogen-bond donors (Lipinski definition) is 2. The van der Waals surface area contributed by atoms with Gasteiger partial charge in [-0.05, 0) is 39.2 Å². The van der Waals surface area contributed by atoms with Crippen molar-refractivity contribution in [3.63, 3.8) is 0 Å². The molecule has 0 saturated heterocycles. The average molecular weight is 212 g/mol. The molecule has 0 aromatic rings. The van der Waals surface area contributed by atoms with Crippen LogP contribution in [-0.2, 0) is 4.79 Å². The van der Waals surface area contributed by atoms with Crippen LogP contribution in [0, 0.1) is 11.8 Å². The van der Waals surface area contributed by atoms with Gasteiger partial charge in [0.15, 0.2) is 0 Å². The Morgan fingerprint density at radius 1 is 1.47 bits per heavy atom. The topological polar surface area (TPSA) is 41.1 Å². The van der Waals surface area contributed by atoms with Crippen LogP contribution >= 0.6 is 0 Å². The fourth-order valence-corrected chi connectivity index (χ4v) is 1.80. The van der Waals surface area contributed by atoms with Gasteiger partial charge in [-0.25, -0.2) is 0 Å². The summed E-state index contributed by atoms with van der Waals surface area (Å²) in [6.07, 6.45) is 2.52. The van der Waals surface area contributed by atoms with Crippen LogP contribution in [0.4, 0.5) is 0 Å². The Hall–Kier alpha value is -0.570. The van der Waals surface area contributed by atoms with Gasteiger partial charge in [-0.1, -0.05) is 13.8 Å². The molecule has 0 aromatic carbocycles. The highest BCUT2D eigenvalue weighted by Crippen LogP contribution is 2.39. The van der Waals surface area contributed by atoms with Gasteiger partial charge in [0.05, 0.1) is 0 Å². The Balaban J connectivity index is 2.33. The zero-order chi connectivity index (χ0) is 11.5. The second-order valence-corrected chi connectivity index (χ2v) is 5.19. The first kappa shape index (κ1) is 12.5. The molecule has 88 valence electrons. The summed E-state index contributed by atoms with van der Waals surface area (Å²) >= 11 is 0. The third-order valence-corrected chi connectivity index (χ3v) is 3.19. The lowest BCUT2D eigenvalue weighted by Crippen LogP contribution is -2.48. The van der Waals surface area contributed by atoms with E-state index < -0.39 is 0 Å². The molecule has 0 radical (unpaired) electrons. The predicted octanol–water partition coefficient (Wildman–Crippen LogP) is 1.54. The molecular formula is C12H24N2O. The molecule has 1 unspecified atom stereocenters. The van der Waals surface area contributed by atoms with Crippen molar-refractivity contribution in [1.29, 1.82) is 0 Å². The van der Waals surface area contributed by atoms with Gasteiger partial charge in [-0.2, -0.15) is 0 Å². The van der Waals surface area contributed by atoms with E-state index in [0.717, 1.165) is 13.1 Å². The summed E-state index contributed by atoms with van der Waals surface area (Å²) in [5.41, 5.74) is -0.0163. The van der Waals surface area contributed by atoms with Gasteiger partial charge in [0, 0.05) is 18.0 Å². The van der Waals surface area contributed by atoms with E-state index in [9.17, 15) is 4.79 Å². The second-order valence-electron chi connectivity index (χ2n) is 5.19. The van der Waals surface area contributed by atoms with E-state index in [1.54, 1.807) is 0 Å². The molecule has 15 heavy (non-hydrogen) atoms. The molecule has 0 aliphatic heterocycles. The predicted molar refractivity (Wildman–Crippen MR) is 62.7 cm³/mol. The summed E-state index contributed by atoms with van der Waals surface area (Å²) in [6.45, 7) is 9.97. The number of rotatable bonds is 6. The maximum Gasteiger partial charge on any atom is 0.224 e. The average Bonchev–Trinajstić information content (AvgIpc) is 2.96. The normalized spacial score (nSPS) is 18.7. The fourth-order valence-electron chi connectivity index (χ4n) is 1.80. The third-order valence-electron chi connectivity index (χ3n) is 3.19. The van der Waals surface area contributed by atoms with E-state index >= 15 is 0 Å². The van der Waals surface area contributed by atoms with Crippen molar-refractivity contribution in [2.75, 3.05) is 13.1 Å². The van der Waals surface area contributed by atoms with Crippen molar-refractivity contribution in [2.45, 2.75) is 46.1 Å². The molecular weight excluding hydrogens is 188 g/mol. The number of hydrogen-bond acceptors (Lipinski definition) is 2. The molecule has 1 fully saturated rings. The molecule has 1 rings (SSSR count). The van der Waals surface area contributed by atoms with Gasteiger partial charge < -0.3 is 10.6 Å². The van der Waals surface area contributed by atoms with Gasteiger partial charge in [0.2, 0.25) is 5.91 Å². The SMILES string of the molecule is CCNCC(C)C(=O)NC(C)(C)C1CC1. The van der Waals surface area contributed by atoms with Gasteiger partial charge >= 0.3 is 0 Å². The third kappa shape index (κ3) is 3.82. The van der Waals surface area contributed by atoms with E-state index in [0.29, 0.717) is 5.92 Å². The molecule has 1 saturated carbocycles. The van der Waals surface area contributed by atoms with Crippen molar-refractivity contribution in [2.24, 2.45) is 11.8 Å². The minimum Gasteiger partial charge on any atom is -0.351 e. The van der Waals surface area contributed by atoms with E-state index in [2.05, 4.69) is 31.4 Å². The van der Waals surface area contributed by atoms with Crippen molar-refractivity contribution in [1.82, 2.24) is 10.6 Å². The molecule has 0 heterocycles. The highest BCUT2D eigenvalue weighted by molar-refractivity contribution is 5.79. The molecule has 1 amide bonds. The molecule has 1 atom stereocenters. The number of carbonyl (C=O) groups excluding carboxylic acids is 1. The second kappa shape index (κ2) is 4.97. The van der Waals surface area contributed by atoms with Crippen LogP contribution in [0.1, 0.15) is 40.5 Å². The maximum absolute atomic E-state index is 11.8. The summed E-state index contributed by atoms with van der Waals surface area (Å²) in [7, 11) is 0. The molecule has 0 spiro atoms. The largest absolute Gasteiger partial charge is 0.351 e. The highest BCUT2D eigenvalue weighted by Gasteiger charge is 2.39. The van der Waals surface area contributed by atoms with E-state index in [4.69, 9.17) is 0 Å². The molecule has 3 heteroatoms. The quantitative estimate of drug-likeness (QED) is 0.701. The minimum atomic E-state index is -0.0163. The van der Waals surface area contributed by atoms with Crippen molar-refractivity contribution >= 4 is 5.91 Å². The fraction of sp³-hybridized carbons (Fsp3) is 0.917. The molecule has 1 aliphatic carbocycles. The van der Waals surface area contributed by atoms with E-state index in [-0.39, 0.29) is 17.4 Å². The Morgan fingerprint density at radius 3 is 2.53 bits per heavy atom. The standard InChI is InChI=1S/C12H24N2O/c1-5-13-8-9(2)11(15)14-12(3,4)10-6-7-10/h9-10,13H,5-8H2,1-4H3,(H,14,15). The van der Waals surface area contributed by atoms with Gasteiger partial charge in [-0.15, -0.1) is 0 Å². The Bertz CT molecular complexity index is 222. The Labute approximate surface area is 93.0 Å². The molecule has 3 nitrogen and oxygen atoms in total. The zero-order valence-electron chi connectivity index (χ0n) is 10.4.